The summed E-state index contributed by atoms with van der Waals surface area (Å²) >= 11 is 0. The second-order valence-corrected chi connectivity index (χ2v) is 3.94. The molecule has 88 valence electrons. The molecule has 1 rings (SSSR count). The van der Waals surface area contributed by atoms with E-state index in [-0.39, 0.29) is 18.2 Å². The van der Waals surface area contributed by atoms with Gasteiger partial charge in [0.05, 0.1) is 18.1 Å². The summed E-state index contributed by atoms with van der Waals surface area (Å²) in [5.74, 6) is -1.34. The van der Waals surface area contributed by atoms with Gasteiger partial charge >= 0.3 is 5.97 Å². The molecular weight excluding hydrogens is 198 g/mol. The first-order valence-electron chi connectivity index (χ1n) is 5.12. The standard InChI is InChI=1S/C10H19NO4/c1-6(10(12)13)9(15-3)8-4-7(14-2)5-11-8/h6-9,11H,4-5H2,1-3H3,(H,12,13)/t6-,7-,8+,9-/m1/s1. The van der Waals surface area contributed by atoms with Crippen molar-refractivity contribution in [3.63, 3.8) is 0 Å². The van der Waals surface area contributed by atoms with E-state index in [9.17, 15) is 4.79 Å². The Balaban J connectivity index is 2.56. The zero-order valence-corrected chi connectivity index (χ0v) is 9.40. The van der Waals surface area contributed by atoms with Crippen molar-refractivity contribution < 1.29 is 19.4 Å². The lowest BCUT2D eigenvalue weighted by Crippen LogP contribution is -2.43. The van der Waals surface area contributed by atoms with Gasteiger partial charge in [0.15, 0.2) is 0 Å². The number of hydrogen-bond acceptors (Lipinski definition) is 4. The van der Waals surface area contributed by atoms with Crippen LogP contribution >= 0.6 is 0 Å². The van der Waals surface area contributed by atoms with E-state index in [1.807, 2.05) is 0 Å². The average molecular weight is 217 g/mol. The normalized spacial score (nSPS) is 30.1. The van der Waals surface area contributed by atoms with Crippen molar-refractivity contribution in [2.45, 2.75) is 31.6 Å². The molecule has 0 aliphatic carbocycles. The van der Waals surface area contributed by atoms with Gasteiger partial charge in [0.25, 0.3) is 0 Å². The molecule has 0 aromatic rings. The fourth-order valence-corrected chi connectivity index (χ4v) is 2.02. The van der Waals surface area contributed by atoms with Crippen LogP contribution in [-0.2, 0) is 14.3 Å². The maximum absolute atomic E-state index is 10.9. The summed E-state index contributed by atoms with van der Waals surface area (Å²) in [5.41, 5.74) is 0. The molecule has 1 aliphatic heterocycles. The van der Waals surface area contributed by atoms with Crippen molar-refractivity contribution in [1.29, 1.82) is 0 Å². The van der Waals surface area contributed by atoms with Crippen molar-refractivity contribution in [2.24, 2.45) is 5.92 Å². The molecule has 0 radical (unpaired) electrons. The van der Waals surface area contributed by atoms with E-state index in [4.69, 9.17) is 14.6 Å². The summed E-state index contributed by atoms with van der Waals surface area (Å²) < 4.78 is 10.5. The molecule has 0 unspecified atom stereocenters. The molecule has 0 spiro atoms. The molecule has 1 saturated heterocycles. The summed E-state index contributed by atoms with van der Waals surface area (Å²) in [6, 6.07) is 0.0612. The summed E-state index contributed by atoms with van der Waals surface area (Å²) in [6.07, 6.45) is 0.656. The lowest BCUT2D eigenvalue weighted by atomic mass is 9.96. The lowest BCUT2D eigenvalue weighted by molar-refractivity contribution is -0.146. The summed E-state index contributed by atoms with van der Waals surface area (Å²) in [7, 11) is 3.21. The Bertz CT molecular complexity index is 221. The van der Waals surface area contributed by atoms with Gasteiger partial charge in [0.1, 0.15) is 0 Å². The van der Waals surface area contributed by atoms with E-state index in [2.05, 4.69) is 5.32 Å². The van der Waals surface area contributed by atoms with E-state index in [1.54, 1.807) is 21.1 Å². The maximum Gasteiger partial charge on any atom is 0.308 e. The second kappa shape index (κ2) is 5.44. The predicted octanol–water partition coefficient (Wildman–Crippen LogP) is 0.0990. The number of carbonyl (C=O) groups is 1. The Morgan fingerprint density at radius 1 is 1.53 bits per heavy atom. The van der Waals surface area contributed by atoms with E-state index in [1.165, 1.54) is 0 Å². The molecule has 0 aromatic carbocycles. The Morgan fingerprint density at radius 2 is 2.20 bits per heavy atom. The minimum atomic E-state index is -0.829. The Labute approximate surface area is 89.8 Å². The van der Waals surface area contributed by atoms with Gasteiger partial charge in [-0.25, -0.2) is 0 Å². The Morgan fingerprint density at radius 3 is 2.60 bits per heavy atom. The molecule has 5 heteroatoms. The van der Waals surface area contributed by atoms with Crippen LogP contribution in [0.15, 0.2) is 0 Å². The SMILES string of the molecule is CO[C@H]1CN[C@H]([C@H](OC)[C@@H](C)C(=O)O)C1. The molecule has 5 nitrogen and oxygen atoms in total. The molecule has 4 atom stereocenters. The molecule has 15 heavy (non-hydrogen) atoms. The van der Waals surface area contributed by atoms with Crippen LogP contribution in [0, 0.1) is 5.92 Å². The van der Waals surface area contributed by atoms with Gasteiger partial charge in [-0.3, -0.25) is 4.79 Å². The zero-order chi connectivity index (χ0) is 11.4. The van der Waals surface area contributed by atoms with Crippen LogP contribution in [0.3, 0.4) is 0 Å². The molecule has 1 aliphatic rings. The zero-order valence-electron chi connectivity index (χ0n) is 9.40. The number of ether oxygens (including phenoxy) is 2. The highest BCUT2D eigenvalue weighted by atomic mass is 16.5. The molecule has 0 amide bonds. The first kappa shape index (κ1) is 12.4. The Hall–Kier alpha value is -0.650. The van der Waals surface area contributed by atoms with E-state index in [0.717, 1.165) is 13.0 Å². The van der Waals surface area contributed by atoms with E-state index in [0.29, 0.717) is 0 Å². The summed E-state index contributed by atoms with van der Waals surface area (Å²) in [4.78, 5) is 10.9. The van der Waals surface area contributed by atoms with Crippen LogP contribution < -0.4 is 5.32 Å². The maximum atomic E-state index is 10.9. The molecule has 2 N–H and O–H groups in total. The number of carboxylic acids is 1. The number of rotatable bonds is 5. The van der Waals surface area contributed by atoms with Gasteiger partial charge in [0, 0.05) is 26.8 Å². The smallest absolute Gasteiger partial charge is 0.308 e. The molecule has 0 saturated carbocycles. The number of aliphatic carboxylic acids is 1. The first-order valence-corrected chi connectivity index (χ1v) is 5.12. The van der Waals surface area contributed by atoms with Gasteiger partial charge in [-0.05, 0) is 13.3 Å². The van der Waals surface area contributed by atoms with Gasteiger partial charge in [-0.1, -0.05) is 0 Å². The van der Waals surface area contributed by atoms with Crippen molar-refractivity contribution in [1.82, 2.24) is 5.32 Å². The van der Waals surface area contributed by atoms with Gasteiger partial charge in [-0.2, -0.15) is 0 Å². The number of hydrogen-bond donors (Lipinski definition) is 2. The average Bonchev–Trinajstić information content (AvgIpc) is 2.67. The van der Waals surface area contributed by atoms with Gasteiger partial charge < -0.3 is 19.9 Å². The third-order valence-electron chi connectivity index (χ3n) is 3.01. The molecular formula is C10H19NO4. The molecule has 1 fully saturated rings. The van der Waals surface area contributed by atoms with E-state index < -0.39 is 11.9 Å². The molecule has 0 bridgehead atoms. The van der Waals surface area contributed by atoms with Crippen LogP contribution in [0.4, 0.5) is 0 Å². The fraction of sp³-hybridized carbons (Fsp3) is 0.900. The minimum Gasteiger partial charge on any atom is -0.481 e. The van der Waals surface area contributed by atoms with Crippen LogP contribution in [0.2, 0.25) is 0 Å². The van der Waals surface area contributed by atoms with Crippen molar-refractivity contribution >= 4 is 5.97 Å². The number of carboxylic acid groups (broad SMARTS) is 1. The highest BCUT2D eigenvalue weighted by molar-refractivity contribution is 5.70. The third-order valence-corrected chi connectivity index (χ3v) is 3.01. The topological polar surface area (TPSA) is 67.8 Å². The lowest BCUT2D eigenvalue weighted by Gasteiger charge is -2.25. The Kier molecular flexibility index (Phi) is 4.50. The summed E-state index contributed by atoms with van der Waals surface area (Å²) in [5, 5.41) is 12.2. The van der Waals surface area contributed by atoms with Crippen LogP contribution in [0.5, 0.6) is 0 Å². The number of nitrogens with one attached hydrogen (secondary N) is 1. The highest BCUT2D eigenvalue weighted by Crippen LogP contribution is 2.20. The quantitative estimate of drug-likeness (QED) is 0.683. The van der Waals surface area contributed by atoms with Gasteiger partial charge in [-0.15, -0.1) is 0 Å². The molecule has 0 aromatic heterocycles. The van der Waals surface area contributed by atoms with Crippen LogP contribution in [0.1, 0.15) is 13.3 Å². The van der Waals surface area contributed by atoms with E-state index >= 15 is 0 Å². The van der Waals surface area contributed by atoms with Crippen molar-refractivity contribution in [3.8, 4) is 0 Å². The predicted molar refractivity (Wildman–Crippen MR) is 54.8 cm³/mol. The highest BCUT2D eigenvalue weighted by Gasteiger charge is 2.36. The van der Waals surface area contributed by atoms with Crippen molar-refractivity contribution in [3.05, 3.63) is 0 Å². The van der Waals surface area contributed by atoms with Crippen LogP contribution in [-0.4, -0.2) is 50.1 Å². The van der Waals surface area contributed by atoms with Crippen molar-refractivity contribution in [2.75, 3.05) is 20.8 Å². The third kappa shape index (κ3) is 2.90. The monoisotopic (exact) mass is 217 g/mol. The number of methoxy groups -OCH3 is 2. The first-order chi connectivity index (χ1) is 7.10. The second-order valence-electron chi connectivity index (χ2n) is 3.94. The fourth-order valence-electron chi connectivity index (χ4n) is 2.02. The summed E-state index contributed by atoms with van der Waals surface area (Å²) in [6.45, 7) is 2.42. The van der Waals surface area contributed by atoms with Gasteiger partial charge in [0.2, 0.25) is 0 Å². The minimum absolute atomic E-state index is 0.0612. The largest absolute Gasteiger partial charge is 0.481 e. The van der Waals surface area contributed by atoms with Crippen LogP contribution in [0.25, 0.3) is 0 Å². The molecule has 1 heterocycles.